The van der Waals surface area contributed by atoms with Crippen LogP contribution in [0.1, 0.15) is 5.56 Å². The van der Waals surface area contributed by atoms with Gasteiger partial charge in [0.1, 0.15) is 0 Å². The van der Waals surface area contributed by atoms with Crippen LogP contribution in [0.15, 0.2) is 59.6 Å². The molecule has 2 aromatic rings. The first-order chi connectivity index (χ1) is 9.63. The molecule has 0 unspecified atom stereocenters. The molecular weight excluding hydrogens is 246 g/mol. The summed E-state index contributed by atoms with van der Waals surface area (Å²) in [6.07, 6.45) is 0. The van der Waals surface area contributed by atoms with Crippen molar-refractivity contribution >= 4 is 17.3 Å². The molecule has 0 bridgehead atoms. The van der Waals surface area contributed by atoms with E-state index in [2.05, 4.69) is 58.1 Å². The molecule has 104 valence electrons. The van der Waals surface area contributed by atoms with Crippen LogP contribution < -0.4 is 9.80 Å². The summed E-state index contributed by atoms with van der Waals surface area (Å²) >= 11 is 0. The minimum absolute atomic E-state index is 0.904. The zero-order chi connectivity index (χ0) is 14.5. The van der Waals surface area contributed by atoms with Crippen molar-refractivity contribution in [1.29, 1.82) is 0 Å². The summed E-state index contributed by atoms with van der Waals surface area (Å²) in [6, 6.07) is 18.7. The molecule has 0 N–H and O–H groups in total. The van der Waals surface area contributed by atoms with Gasteiger partial charge >= 0.3 is 0 Å². The first kappa shape index (κ1) is 14.1. The average Bonchev–Trinajstić information content (AvgIpc) is 2.48. The van der Waals surface area contributed by atoms with Gasteiger partial charge in [0, 0.05) is 32.5 Å². The highest BCUT2D eigenvalue weighted by molar-refractivity contribution is 6.06. The Kier molecular flexibility index (Phi) is 4.41. The molecule has 0 saturated carbocycles. The molecule has 3 heteroatoms. The highest BCUT2D eigenvalue weighted by Gasteiger charge is 2.14. The third kappa shape index (κ3) is 2.99. The van der Waals surface area contributed by atoms with Crippen LogP contribution >= 0.6 is 0 Å². The Hall–Kier alpha value is -2.29. The Morgan fingerprint density at radius 2 is 1.45 bits per heavy atom. The molecule has 20 heavy (non-hydrogen) atoms. The normalized spacial score (nSPS) is 11.3. The number of nitrogens with zero attached hydrogens (tertiary/aromatic N) is 3. The standard InChI is InChI=1S/C17H21N3/c1-14-9-8-12-16(13-14)20(4)17(18-2)19(3)15-10-6-5-7-11-15/h5-13H,1-4H3. The Bertz CT molecular complexity index is 590. The minimum Gasteiger partial charge on any atom is -0.315 e. The van der Waals surface area contributed by atoms with Gasteiger partial charge in [0.05, 0.1) is 0 Å². The van der Waals surface area contributed by atoms with Gasteiger partial charge in [-0.2, -0.15) is 0 Å². The molecular formula is C17H21N3. The van der Waals surface area contributed by atoms with E-state index in [0.29, 0.717) is 0 Å². The molecule has 2 aromatic carbocycles. The summed E-state index contributed by atoms with van der Waals surface area (Å²) in [5, 5.41) is 0. The molecule has 2 rings (SSSR count). The van der Waals surface area contributed by atoms with Crippen molar-refractivity contribution in [1.82, 2.24) is 0 Å². The first-order valence-corrected chi connectivity index (χ1v) is 6.69. The van der Waals surface area contributed by atoms with E-state index in [9.17, 15) is 0 Å². The number of anilines is 2. The molecule has 0 heterocycles. The van der Waals surface area contributed by atoms with Crippen molar-refractivity contribution in [2.45, 2.75) is 6.92 Å². The van der Waals surface area contributed by atoms with Crippen molar-refractivity contribution in [2.75, 3.05) is 30.9 Å². The van der Waals surface area contributed by atoms with E-state index in [1.54, 1.807) is 0 Å². The van der Waals surface area contributed by atoms with Crippen molar-refractivity contribution in [3.63, 3.8) is 0 Å². The molecule has 0 amide bonds. The second-order valence-corrected chi connectivity index (χ2v) is 4.82. The van der Waals surface area contributed by atoms with Crippen LogP contribution in [0.4, 0.5) is 11.4 Å². The molecule has 0 aliphatic carbocycles. The van der Waals surface area contributed by atoms with Gasteiger partial charge in [0.25, 0.3) is 0 Å². The maximum atomic E-state index is 4.44. The van der Waals surface area contributed by atoms with E-state index in [1.807, 2.05) is 39.3 Å². The summed E-state index contributed by atoms with van der Waals surface area (Å²) < 4.78 is 0. The van der Waals surface area contributed by atoms with Crippen LogP contribution in [-0.4, -0.2) is 27.1 Å². The molecule has 0 aliphatic rings. The predicted molar refractivity (Wildman–Crippen MR) is 87.8 cm³/mol. The fraction of sp³-hybridized carbons (Fsp3) is 0.235. The van der Waals surface area contributed by atoms with Gasteiger partial charge in [-0.25, -0.2) is 0 Å². The lowest BCUT2D eigenvalue weighted by Gasteiger charge is -2.29. The fourth-order valence-corrected chi connectivity index (χ4v) is 2.24. The minimum atomic E-state index is 0.904. The average molecular weight is 267 g/mol. The third-order valence-electron chi connectivity index (χ3n) is 3.33. The Labute approximate surface area is 121 Å². The summed E-state index contributed by atoms with van der Waals surface area (Å²) in [7, 11) is 5.89. The van der Waals surface area contributed by atoms with E-state index in [4.69, 9.17) is 0 Å². The largest absolute Gasteiger partial charge is 0.315 e. The molecule has 0 aliphatic heterocycles. The Balaban J connectivity index is 2.29. The lowest BCUT2D eigenvalue weighted by molar-refractivity contribution is 1.12. The summed E-state index contributed by atoms with van der Waals surface area (Å²) in [6.45, 7) is 2.10. The molecule has 0 aromatic heterocycles. The topological polar surface area (TPSA) is 18.8 Å². The van der Waals surface area contributed by atoms with Gasteiger partial charge in [-0.3, -0.25) is 4.99 Å². The number of benzene rings is 2. The second kappa shape index (κ2) is 6.24. The molecule has 0 atom stereocenters. The van der Waals surface area contributed by atoms with Crippen molar-refractivity contribution in [2.24, 2.45) is 4.99 Å². The number of guanidine groups is 1. The van der Waals surface area contributed by atoms with Gasteiger partial charge in [-0.15, -0.1) is 0 Å². The van der Waals surface area contributed by atoms with Crippen molar-refractivity contribution in [3.05, 3.63) is 60.2 Å². The third-order valence-corrected chi connectivity index (χ3v) is 3.33. The molecule has 0 radical (unpaired) electrons. The second-order valence-electron chi connectivity index (χ2n) is 4.82. The summed E-state index contributed by atoms with van der Waals surface area (Å²) in [5.41, 5.74) is 3.49. The predicted octanol–water partition coefficient (Wildman–Crippen LogP) is 3.55. The van der Waals surface area contributed by atoms with Crippen molar-refractivity contribution in [3.8, 4) is 0 Å². The zero-order valence-corrected chi connectivity index (χ0v) is 12.5. The van der Waals surface area contributed by atoms with Crippen LogP contribution in [-0.2, 0) is 0 Å². The number of rotatable bonds is 2. The maximum absolute atomic E-state index is 4.44. The van der Waals surface area contributed by atoms with Gasteiger partial charge in [-0.1, -0.05) is 30.3 Å². The number of aryl methyl sites for hydroxylation is 1. The SMILES string of the molecule is CN=C(N(C)c1ccccc1)N(C)c1cccc(C)c1. The molecule has 3 nitrogen and oxygen atoms in total. The summed E-state index contributed by atoms with van der Waals surface area (Å²) in [5.74, 6) is 0.904. The number of para-hydroxylation sites is 1. The highest BCUT2D eigenvalue weighted by Crippen LogP contribution is 2.19. The lowest BCUT2D eigenvalue weighted by atomic mass is 10.2. The quantitative estimate of drug-likeness (QED) is 0.612. The zero-order valence-electron chi connectivity index (χ0n) is 12.5. The summed E-state index contributed by atoms with van der Waals surface area (Å²) in [4.78, 5) is 8.62. The van der Waals surface area contributed by atoms with Crippen LogP contribution in [0.25, 0.3) is 0 Å². The van der Waals surface area contributed by atoms with E-state index in [0.717, 1.165) is 17.3 Å². The van der Waals surface area contributed by atoms with Gasteiger partial charge in [0.15, 0.2) is 0 Å². The molecule has 0 fully saturated rings. The number of aliphatic imine (C=N–C) groups is 1. The van der Waals surface area contributed by atoms with Crippen LogP contribution in [0.5, 0.6) is 0 Å². The molecule has 0 spiro atoms. The monoisotopic (exact) mass is 267 g/mol. The van der Waals surface area contributed by atoms with Crippen LogP contribution in [0.2, 0.25) is 0 Å². The van der Waals surface area contributed by atoms with E-state index < -0.39 is 0 Å². The Morgan fingerprint density at radius 3 is 2.05 bits per heavy atom. The maximum Gasteiger partial charge on any atom is 0.204 e. The van der Waals surface area contributed by atoms with Gasteiger partial charge in [0.2, 0.25) is 5.96 Å². The lowest BCUT2D eigenvalue weighted by Crippen LogP contribution is -2.40. The highest BCUT2D eigenvalue weighted by atomic mass is 15.4. The number of hydrogen-bond donors (Lipinski definition) is 0. The van der Waals surface area contributed by atoms with E-state index in [1.165, 1.54) is 5.56 Å². The van der Waals surface area contributed by atoms with Gasteiger partial charge < -0.3 is 9.80 Å². The van der Waals surface area contributed by atoms with Gasteiger partial charge in [-0.05, 0) is 36.8 Å². The van der Waals surface area contributed by atoms with Crippen LogP contribution in [0, 0.1) is 6.92 Å². The van der Waals surface area contributed by atoms with E-state index in [-0.39, 0.29) is 0 Å². The molecule has 0 saturated heterocycles. The number of hydrogen-bond acceptors (Lipinski definition) is 1. The van der Waals surface area contributed by atoms with Crippen LogP contribution in [0.3, 0.4) is 0 Å². The smallest absolute Gasteiger partial charge is 0.204 e. The van der Waals surface area contributed by atoms with E-state index >= 15 is 0 Å². The van der Waals surface area contributed by atoms with Crippen molar-refractivity contribution < 1.29 is 0 Å². The first-order valence-electron chi connectivity index (χ1n) is 6.69. The fourth-order valence-electron chi connectivity index (χ4n) is 2.24. The Morgan fingerprint density at radius 1 is 0.850 bits per heavy atom.